The molecule has 2 fully saturated rings. The Hall–Kier alpha value is -1.94. The summed E-state index contributed by atoms with van der Waals surface area (Å²) in [5, 5.41) is 11.7. The van der Waals surface area contributed by atoms with E-state index >= 15 is 0 Å². The number of fused-ring (bicyclic) bond motifs is 1. The molecule has 3 atom stereocenters. The van der Waals surface area contributed by atoms with E-state index in [0.717, 1.165) is 0 Å². The standard InChI is InChI=1S/C17H22N2O7/c1-16(2)25-11-17(18-5-8-22-9-6-18)15(26-16)14(13-4-3-7-23-13)12(10-24-17)19(20)21/h3-4,7,10,14-15H,5-6,8-9,11H2,1-2H3/t14-,15-,17-/m1/s1. The lowest BCUT2D eigenvalue weighted by atomic mass is 9.84. The van der Waals surface area contributed by atoms with Crippen LogP contribution in [0.4, 0.5) is 0 Å². The maximum absolute atomic E-state index is 11.7. The van der Waals surface area contributed by atoms with Crippen molar-refractivity contribution in [1.82, 2.24) is 4.90 Å². The van der Waals surface area contributed by atoms with E-state index in [-0.39, 0.29) is 12.3 Å². The van der Waals surface area contributed by atoms with Gasteiger partial charge in [0.2, 0.25) is 5.72 Å². The van der Waals surface area contributed by atoms with Crippen LogP contribution in [0.15, 0.2) is 34.8 Å². The highest BCUT2D eigenvalue weighted by molar-refractivity contribution is 5.25. The monoisotopic (exact) mass is 366 g/mol. The van der Waals surface area contributed by atoms with Crippen molar-refractivity contribution < 1.29 is 28.3 Å². The summed E-state index contributed by atoms with van der Waals surface area (Å²) in [6.07, 6.45) is 2.05. The van der Waals surface area contributed by atoms with Gasteiger partial charge in [-0.1, -0.05) is 0 Å². The Kier molecular flexibility index (Phi) is 4.26. The zero-order chi connectivity index (χ0) is 18.4. The second-order valence-corrected chi connectivity index (χ2v) is 7.08. The van der Waals surface area contributed by atoms with Gasteiger partial charge in [0, 0.05) is 13.1 Å². The molecule has 0 aliphatic carbocycles. The van der Waals surface area contributed by atoms with Crippen molar-refractivity contribution in [1.29, 1.82) is 0 Å². The average Bonchev–Trinajstić information content (AvgIpc) is 3.15. The van der Waals surface area contributed by atoms with E-state index in [1.165, 1.54) is 12.5 Å². The van der Waals surface area contributed by atoms with Gasteiger partial charge in [-0.25, -0.2) is 0 Å². The smallest absolute Gasteiger partial charge is 0.293 e. The first-order chi connectivity index (χ1) is 12.4. The van der Waals surface area contributed by atoms with Crippen LogP contribution >= 0.6 is 0 Å². The van der Waals surface area contributed by atoms with Gasteiger partial charge in [0.15, 0.2) is 12.0 Å². The second-order valence-electron chi connectivity index (χ2n) is 7.08. The highest BCUT2D eigenvalue weighted by Crippen LogP contribution is 2.47. The molecule has 1 aromatic heterocycles. The van der Waals surface area contributed by atoms with Crippen LogP contribution in [0.1, 0.15) is 25.5 Å². The number of hydrogen-bond acceptors (Lipinski definition) is 8. The molecule has 3 aliphatic rings. The van der Waals surface area contributed by atoms with Crippen LogP contribution in [0.5, 0.6) is 0 Å². The fourth-order valence-corrected chi connectivity index (χ4v) is 3.82. The molecule has 0 N–H and O–H groups in total. The fraction of sp³-hybridized carbons (Fsp3) is 0.647. The van der Waals surface area contributed by atoms with Crippen LogP contribution in [-0.4, -0.2) is 60.3 Å². The number of nitrogens with zero attached hydrogens (tertiary/aromatic N) is 2. The van der Waals surface area contributed by atoms with E-state index in [9.17, 15) is 10.1 Å². The normalized spacial score (nSPS) is 34.5. The molecule has 1 aromatic rings. The van der Waals surface area contributed by atoms with Crippen LogP contribution in [0.2, 0.25) is 0 Å². The van der Waals surface area contributed by atoms with Gasteiger partial charge < -0.3 is 23.4 Å². The SMILES string of the molecule is CC1(C)OC[C@@]2(N3CCOCC3)OC=C([N+](=O)[O-])[C@H](c3ccco3)[C@H]2O1. The third kappa shape index (κ3) is 2.81. The number of nitro groups is 1. The average molecular weight is 366 g/mol. The van der Waals surface area contributed by atoms with Crippen LogP contribution < -0.4 is 0 Å². The molecule has 142 valence electrons. The topological polar surface area (TPSA) is 96.4 Å². The van der Waals surface area contributed by atoms with Crippen molar-refractivity contribution in [2.45, 2.75) is 37.4 Å². The van der Waals surface area contributed by atoms with Gasteiger partial charge in [-0.3, -0.25) is 15.0 Å². The van der Waals surface area contributed by atoms with E-state index in [2.05, 4.69) is 4.90 Å². The van der Waals surface area contributed by atoms with Crippen molar-refractivity contribution in [2.75, 3.05) is 32.9 Å². The number of furan rings is 1. The van der Waals surface area contributed by atoms with Gasteiger partial charge in [0.1, 0.15) is 24.4 Å². The Morgan fingerprint density at radius 3 is 2.73 bits per heavy atom. The molecule has 2 saturated heterocycles. The lowest BCUT2D eigenvalue weighted by Gasteiger charge is -2.55. The molecule has 26 heavy (non-hydrogen) atoms. The molecule has 0 amide bonds. The fourth-order valence-electron chi connectivity index (χ4n) is 3.82. The molecular weight excluding hydrogens is 344 g/mol. The Bertz CT molecular complexity index is 696. The van der Waals surface area contributed by atoms with Gasteiger partial charge in [0.25, 0.3) is 5.70 Å². The molecule has 0 saturated carbocycles. The summed E-state index contributed by atoms with van der Waals surface area (Å²) < 4.78 is 29.1. The summed E-state index contributed by atoms with van der Waals surface area (Å²) in [5.74, 6) is -1.13. The van der Waals surface area contributed by atoms with Crippen molar-refractivity contribution in [3.8, 4) is 0 Å². The van der Waals surface area contributed by atoms with Gasteiger partial charge in [-0.2, -0.15) is 0 Å². The Morgan fingerprint density at radius 1 is 1.31 bits per heavy atom. The third-order valence-corrected chi connectivity index (χ3v) is 5.09. The van der Waals surface area contributed by atoms with E-state index in [1.54, 1.807) is 26.0 Å². The molecule has 4 rings (SSSR count). The van der Waals surface area contributed by atoms with Crippen molar-refractivity contribution in [3.63, 3.8) is 0 Å². The highest BCUT2D eigenvalue weighted by atomic mass is 16.7. The van der Waals surface area contributed by atoms with Crippen LogP contribution in [0, 0.1) is 10.1 Å². The van der Waals surface area contributed by atoms with Crippen molar-refractivity contribution >= 4 is 0 Å². The predicted molar refractivity (Wildman–Crippen MR) is 87.6 cm³/mol. The van der Waals surface area contributed by atoms with E-state index in [4.69, 9.17) is 23.4 Å². The molecule has 0 aromatic carbocycles. The molecule has 0 bridgehead atoms. The molecule has 0 unspecified atom stereocenters. The van der Waals surface area contributed by atoms with Gasteiger partial charge >= 0.3 is 0 Å². The summed E-state index contributed by atoms with van der Waals surface area (Å²) in [6.45, 7) is 6.16. The summed E-state index contributed by atoms with van der Waals surface area (Å²) >= 11 is 0. The zero-order valence-corrected chi connectivity index (χ0v) is 14.8. The highest BCUT2D eigenvalue weighted by Gasteiger charge is 2.62. The van der Waals surface area contributed by atoms with E-state index < -0.39 is 28.5 Å². The number of hydrogen-bond donors (Lipinski definition) is 0. The van der Waals surface area contributed by atoms with Gasteiger partial charge in [-0.15, -0.1) is 0 Å². The lowest BCUT2D eigenvalue weighted by molar-refractivity contribution is -0.453. The van der Waals surface area contributed by atoms with Crippen LogP contribution in [-0.2, 0) is 18.9 Å². The minimum Gasteiger partial charge on any atom is -0.468 e. The van der Waals surface area contributed by atoms with Gasteiger partial charge in [-0.05, 0) is 26.0 Å². The van der Waals surface area contributed by atoms with E-state index in [0.29, 0.717) is 32.1 Å². The van der Waals surface area contributed by atoms with E-state index in [1.807, 2.05) is 0 Å². The molecular formula is C17H22N2O7. The molecule has 0 spiro atoms. The van der Waals surface area contributed by atoms with Crippen molar-refractivity contribution in [2.24, 2.45) is 0 Å². The number of morpholine rings is 1. The first-order valence-electron chi connectivity index (χ1n) is 8.63. The molecule has 3 aliphatic heterocycles. The summed E-state index contributed by atoms with van der Waals surface area (Å²) in [4.78, 5) is 13.3. The lowest BCUT2D eigenvalue weighted by Crippen LogP contribution is -2.71. The van der Waals surface area contributed by atoms with Crippen LogP contribution in [0.25, 0.3) is 0 Å². The van der Waals surface area contributed by atoms with Crippen molar-refractivity contribution in [3.05, 3.63) is 46.2 Å². The minimum atomic E-state index is -0.976. The zero-order valence-electron chi connectivity index (χ0n) is 14.8. The number of rotatable bonds is 3. The maximum atomic E-state index is 11.7. The molecule has 9 heteroatoms. The quantitative estimate of drug-likeness (QED) is 0.589. The minimum absolute atomic E-state index is 0.0912. The summed E-state index contributed by atoms with van der Waals surface area (Å²) in [7, 11) is 0. The first kappa shape index (κ1) is 17.5. The Morgan fingerprint density at radius 2 is 2.08 bits per heavy atom. The first-order valence-corrected chi connectivity index (χ1v) is 8.63. The van der Waals surface area contributed by atoms with Gasteiger partial charge in [0.05, 0.1) is 24.4 Å². The largest absolute Gasteiger partial charge is 0.468 e. The molecule has 9 nitrogen and oxygen atoms in total. The molecule has 0 radical (unpaired) electrons. The Labute approximate surface area is 150 Å². The maximum Gasteiger partial charge on any atom is 0.293 e. The second kappa shape index (κ2) is 6.34. The molecule has 4 heterocycles. The third-order valence-electron chi connectivity index (χ3n) is 5.09. The summed E-state index contributed by atoms with van der Waals surface area (Å²) in [5.41, 5.74) is -1.07. The summed E-state index contributed by atoms with van der Waals surface area (Å²) in [6, 6.07) is 3.44. The Balaban J connectivity index is 1.81. The number of ether oxygens (including phenoxy) is 4. The predicted octanol–water partition coefficient (Wildman–Crippen LogP) is 1.69. The van der Waals surface area contributed by atoms with Crippen LogP contribution in [0.3, 0.4) is 0 Å².